The summed E-state index contributed by atoms with van der Waals surface area (Å²) in [4.78, 5) is 11.7. The molecular weight excluding hydrogens is 234 g/mol. The Kier molecular flexibility index (Phi) is 8.70. The number of nitrogens with one attached hydrogen (secondary N) is 1. The molecule has 1 N–H and O–H groups in total. The third-order valence-corrected chi connectivity index (χ3v) is 3.46. The van der Waals surface area contributed by atoms with Crippen LogP contribution in [0.4, 0.5) is 0 Å². The van der Waals surface area contributed by atoms with E-state index in [9.17, 15) is 4.79 Å². The summed E-state index contributed by atoms with van der Waals surface area (Å²) in [5.74, 6) is 0.861. The highest BCUT2D eigenvalue weighted by atomic mass is 32.2. The van der Waals surface area contributed by atoms with Crippen LogP contribution in [-0.4, -0.2) is 35.7 Å². The summed E-state index contributed by atoms with van der Waals surface area (Å²) in [5, 5.41) is 3.25. The lowest BCUT2D eigenvalue weighted by molar-refractivity contribution is -0.145. The standard InChI is InChI=1S/C13H27NO2S/c1-6-9-14-11(12(15)16-7-2)8-10-17-13(3,4)5/h11,14H,6-10H2,1-5H3. The molecule has 0 heterocycles. The summed E-state index contributed by atoms with van der Waals surface area (Å²) < 4.78 is 5.33. The average molecular weight is 261 g/mol. The molecule has 102 valence electrons. The van der Waals surface area contributed by atoms with Gasteiger partial charge < -0.3 is 10.1 Å². The Bertz CT molecular complexity index is 214. The van der Waals surface area contributed by atoms with Crippen LogP contribution in [0.2, 0.25) is 0 Å². The zero-order valence-corrected chi connectivity index (χ0v) is 12.7. The van der Waals surface area contributed by atoms with E-state index in [1.807, 2.05) is 18.7 Å². The van der Waals surface area contributed by atoms with E-state index in [1.54, 1.807) is 0 Å². The molecule has 0 radical (unpaired) electrons. The summed E-state index contributed by atoms with van der Waals surface area (Å²) in [5.41, 5.74) is 0. The van der Waals surface area contributed by atoms with Crippen molar-refractivity contribution in [2.75, 3.05) is 18.9 Å². The van der Waals surface area contributed by atoms with Gasteiger partial charge in [-0.2, -0.15) is 11.8 Å². The van der Waals surface area contributed by atoms with Crippen LogP contribution in [0, 0.1) is 0 Å². The highest BCUT2D eigenvalue weighted by molar-refractivity contribution is 8.00. The monoisotopic (exact) mass is 261 g/mol. The lowest BCUT2D eigenvalue weighted by Gasteiger charge is -2.21. The maximum atomic E-state index is 11.7. The number of esters is 1. The van der Waals surface area contributed by atoms with Gasteiger partial charge in [-0.05, 0) is 32.1 Å². The Morgan fingerprint density at radius 3 is 2.47 bits per heavy atom. The normalized spacial score (nSPS) is 13.5. The van der Waals surface area contributed by atoms with E-state index in [0.717, 1.165) is 25.1 Å². The minimum Gasteiger partial charge on any atom is -0.465 e. The maximum absolute atomic E-state index is 11.7. The molecule has 0 amide bonds. The fourth-order valence-electron chi connectivity index (χ4n) is 1.35. The van der Waals surface area contributed by atoms with Gasteiger partial charge in [0.2, 0.25) is 0 Å². The first kappa shape index (κ1) is 16.8. The lowest BCUT2D eigenvalue weighted by Crippen LogP contribution is -2.39. The van der Waals surface area contributed by atoms with E-state index in [1.165, 1.54) is 0 Å². The van der Waals surface area contributed by atoms with Gasteiger partial charge in [0.1, 0.15) is 6.04 Å². The van der Waals surface area contributed by atoms with Gasteiger partial charge >= 0.3 is 5.97 Å². The minimum atomic E-state index is -0.148. The Labute approximate surface area is 110 Å². The van der Waals surface area contributed by atoms with Crippen molar-refractivity contribution in [1.29, 1.82) is 0 Å². The Hall–Kier alpha value is -0.220. The van der Waals surface area contributed by atoms with Crippen LogP contribution < -0.4 is 5.32 Å². The first-order valence-corrected chi connectivity index (χ1v) is 7.43. The van der Waals surface area contributed by atoms with Crippen molar-refractivity contribution >= 4 is 17.7 Å². The fourth-order valence-corrected chi connectivity index (χ4v) is 2.31. The summed E-state index contributed by atoms with van der Waals surface area (Å²) in [6.45, 7) is 11.8. The smallest absolute Gasteiger partial charge is 0.323 e. The minimum absolute atomic E-state index is 0.115. The highest BCUT2D eigenvalue weighted by Crippen LogP contribution is 2.24. The van der Waals surface area contributed by atoms with Crippen LogP contribution in [0.3, 0.4) is 0 Å². The molecule has 0 aliphatic carbocycles. The second kappa shape index (κ2) is 8.81. The van der Waals surface area contributed by atoms with Crippen LogP contribution in [0.5, 0.6) is 0 Å². The quantitative estimate of drug-likeness (QED) is 0.682. The van der Waals surface area contributed by atoms with Crippen LogP contribution in [0.15, 0.2) is 0 Å². The van der Waals surface area contributed by atoms with Crippen LogP contribution in [0.25, 0.3) is 0 Å². The predicted octanol–water partition coefficient (Wildman–Crippen LogP) is 2.84. The highest BCUT2D eigenvalue weighted by Gasteiger charge is 2.20. The second-order valence-corrected chi connectivity index (χ2v) is 6.93. The molecule has 1 unspecified atom stereocenters. The number of ether oxygens (including phenoxy) is 1. The molecule has 17 heavy (non-hydrogen) atoms. The Morgan fingerprint density at radius 2 is 2.00 bits per heavy atom. The molecule has 0 rings (SSSR count). The molecule has 0 aromatic rings. The summed E-state index contributed by atoms with van der Waals surface area (Å²) in [6, 6.07) is -0.148. The van der Waals surface area contributed by atoms with Gasteiger partial charge in [-0.3, -0.25) is 4.79 Å². The lowest BCUT2D eigenvalue weighted by atomic mass is 10.2. The van der Waals surface area contributed by atoms with Gasteiger partial charge in [-0.25, -0.2) is 0 Å². The van der Waals surface area contributed by atoms with E-state index < -0.39 is 0 Å². The van der Waals surface area contributed by atoms with Gasteiger partial charge in [-0.15, -0.1) is 0 Å². The first-order valence-electron chi connectivity index (χ1n) is 6.44. The SMILES string of the molecule is CCCNC(CCSC(C)(C)C)C(=O)OCC. The van der Waals surface area contributed by atoms with Gasteiger partial charge in [0.25, 0.3) is 0 Å². The van der Waals surface area contributed by atoms with Crippen LogP contribution >= 0.6 is 11.8 Å². The van der Waals surface area contributed by atoms with Crippen molar-refractivity contribution in [3.8, 4) is 0 Å². The van der Waals surface area contributed by atoms with Gasteiger partial charge in [0.15, 0.2) is 0 Å². The number of carbonyl (C=O) groups is 1. The molecule has 0 saturated heterocycles. The summed E-state index contributed by atoms with van der Waals surface area (Å²) >= 11 is 1.88. The zero-order valence-electron chi connectivity index (χ0n) is 11.8. The van der Waals surface area contributed by atoms with Crippen molar-refractivity contribution in [3.63, 3.8) is 0 Å². The largest absolute Gasteiger partial charge is 0.465 e. The first-order chi connectivity index (χ1) is 7.90. The molecule has 4 heteroatoms. The molecule has 0 aromatic carbocycles. The topological polar surface area (TPSA) is 38.3 Å². The number of thioether (sulfide) groups is 1. The number of rotatable bonds is 8. The second-order valence-electron chi connectivity index (χ2n) is 5.01. The van der Waals surface area contributed by atoms with E-state index in [2.05, 4.69) is 33.0 Å². The van der Waals surface area contributed by atoms with Crippen molar-refractivity contribution in [2.24, 2.45) is 0 Å². The van der Waals surface area contributed by atoms with Crippen molar-refractivity contribution < 1.29 is 9.53 Å². The van der Waals surface area contributed by atoms with Gasteiger partial charge in [0, 0.05) is 4.75 Å². The third-order valence-electron chi connectivity index (χ3n) is 2.15. The summed E-state index contributed by atoms with van der Waals surface area (Å²) in [7, 11) is 0. The molecule has 0 bridgehead atoms. The number of hydrogen-bond donors (Lipinski definition) is 1. The summed E-state index contributed by atoms with van der Waals surface area (Å²) in [6.07, 6.45) is 1.86. The molecule has 0 aliphatic rings. The average Bonchev–Trinajstić information content (AvgIpc) is 2.21. The third kappa shape index (κ3) is 9.48. The molecule has 0 aromatic heterocycles. The molecular formula is C13H27NO2S. The number of carbonyl (C=O) groups excluding carboxylic acids is 1. The maximum Gasteiger partial charge on any atom is 0.323 e. The van der Waals surface area contributed by atoms with Crippen molar-refractivity contribution in [1.82, 2.24) is 5.32 Å². The Morgan fingerprint density at radius 1 is 1.35 bits per heavy atom. The fraction of sp³-hybridized carbons (Fsp3) is 0.923. The van der Waals surface area contributed by atoms with E-state index >= 15 is 0 Å². The van der Waals surface area contributed by atoms with E-state index in [0.29, 0.717) is 6.61 Å². The predicted molar refractivity (Wildman–Crippen MR) is 75.5 cm³/mol. The van der Waals surface area contributed by atoms with Crippen LogP contribution in [0.1, 0.15) is 47.5 Å². The Balaban J connectivity index is 4.05. The molecule has 1 atom stereocenters. The van der Waals surface area contributed by atoms with E-state index in [4.69, 9.17) is 4.74 Å². The molecule has 0 aliphatic heterocycles. The molecule has 0 fully saturated rings. The van der Waals surface area contributed by atoms with Crippen molar-refractivity contribution in [2.45, 2.75) is 58.2 Å². The van der Waals surface area contributed by atoms with Gasteiger partial charge in [0.05, 0.1) is 6.61 Å². The zero-order chi connectivity index (χ0) is 13.3. The van der Waals surface area contributed by atoms with Crippen molar-refractivity contribution in [3.05, 3.63) is 0 Å². The molecule has 0 spiro atoms. The van der Waals surface area contributed by atoms with Gasteiger partial charge in [-0.1, -0.05) is 27.7 Å². The van der Waals surface area contributed by atoms with Crippen LogP contribution in [-0.2, 0) is 9.53 Å². The number of hydrogen-bond acceptors (Lipinski definition) is 4. The van der Waals surface area contributed by atoms with E-state index in [-0.39, 0.29) is 16.8 Å². The molecule has 0 saturated carbocycles. The molecule has 3 nitrogen and oxygen atoms in total.